The van der Waals surface area contributed by atoms with Crippen molar-refractivity contribution in [1.82, 2.24) is 15.1 Å². The van der Waals surface area contributed by atoms with Crippen LogP contribution < -0.4 is 5.32 Å². The average Bonchev–Trinajstić information content (AvgIpc) is 3.00. The van der Waals surface area contributed by atoms with Gasteiger partial charge in [-0.2, -0.15) is 0 Å². The summed E-state index contributed by atoms with van der Waals surface area (Å²) in [5.41, 5.74) is -0.666. The normalized spacial score (nSPS) is 28.9. The molecule has 3 atom stereocenters. The number of nitrogens with zero attached hydrogens (tertiary/aromatic N) is 2. The Kier molecular flexibility index (Phi) is 5.49. The molecule has 0 aromatic heterocycles. The van der Waals surface area contributed by atoms with Gasteiger partial charge >= 0.3 is 6.09 Å². The Labute approximate surface area is 137 Å². The Morgan fingerprint density at radius 3 is 2.57 bits per heavy atom. The largest absolute Gasteiger partial charge is 0.444 e. The predicted octanol–water partition coefficient (Wildman–Crippen LogP) is 1.40. The molecule has 2 heterocycles. The lowest BCUT2D eigenvalue weighted by Gasteiger charge is -2.28. The highest BCUT2D eigenvalue weighted by Crippen LogP contribution is 2.23. The molecule has 2 saturated heterocycles. The van der Waals surface area contributed by atoms with Crippen LogP contribution in [0.4, 0.5) is 9.18 Å². The number of carbonyl (C=O) groups is 2. The molecule has 0 aliphatic carbocycles. The van der Waals surface area contributed by atoms with E-state index in [1.165, 1.54) is 4.90 Å². The van der Waals surface area contributed by atoms with Gasteiger partial charge in [-0.1, -0.05) is 0 Å². The molecular formula is C16H28FN3O3. The van der Waals surface area contributed by atoms with Crippen LogP contribution in [0.1, 0.15) is 33.6 Å². The van der Waals surface area contributed by atoms with E-state index in [0.29, 0.717) is 12.5 Å². The first-order valence-corrected chi connectivity index (χ1v) is 8.25. The van der Waals surface area contributed by atoms with E-state index in [2.05, 4.69) is 17.3 Å². The van der Waals surface area contributed by atoms with Crippen LogP contribution in [-0.4, -0.2) is 72.8 Å². The van der Waals surface area contributed by atoms with E-state index in [9.17, 15) is 14.0 Å². The van der Waals surface area contributed by atoms with Crippen molar-refractivity contribution < 1.29 is 18.7 Å². The molecule has 23 heavy (non-hydrogen) atoms. The van der Waals surface area contributed by atoms with Crippen LogP contribution in [0.2, 0.25) is 0 Å². The molecule has 0 aromatic carbocycles. The molecule has 2 aliphatic heterocycles. The molecule has 6 nitrogen and oxygen atoms in total. The molecule has 2 rings (SSSR count). The number of nitrogens with one attached hydrogen (secondary N) is 1. The molecule has 0 saturated carbocycles. The van der Waals surface area contributed by atoms with Gasteiger partial charge in [0.15, 0.2) is 0 Å². The van der Waals surface area contributed by atoms with Gasteiger partial charge in [-0.05, 0) is 46.7 Å². The van der Waals surface area contributed by atoms with Gasteiger partial charge in [0.05, 0.1) is 6.54 Å². The molecule has 0 radical (unpaired) electrons. The maximum absolute atomic E-state index is 13.7. The summed E-state index contributed by atoms with van der Waals surface area (Å²) < 4.78 is 19.0. The number of alkyl halides is 1. The monoisotopic (exact) mass is 329 g/mol. The SMILES string of the molecule is CN1CC[C@H](CNC(=O)[C@@H]2C[C@@H](F)CN2C(=O)OC(C)(C)C)C1. The zero-order chi connectivity index (χ0) is 17.2. The summed E-state index contributed by atoms with van der Waals surface area (Å²) in [6.07, 6.45) is -0.729. The third-order valence-corrected chi connectivity index (χ3v) is 4.23. The van der Waals surface area contributed by atoms with Crippen molar-refractivity contribution in [2.75, 3.05) is 33.2 Å². The molecule has 0 unspecified atom stereocenters. The van der Waals surface area contributed by atoms with E-state index in [1.807, 2.05) is 0 Å². The molecule has 7 heteroatoms. The van der Waals surface area contributed by atoms with E-state index in [-0.39, 0.29) is 18.9 Å². The summed E-state index contributed by atoms with van der Waals surface area (Å²) in [4.78, 5) is 28.0. The number of carbonyl (C=O) groups excluding carboxylic acids is 2. The smallest absolute Gasteiger partial charge is 0.411 e. The summed E-state index contributed by atoms with van der Waals surface area (Å²) in [5.74, 6) is 0.132. The molecule has 2 fully saturated rings. The van der Waals surface area contributed by atoms with Crippen LogP contribution in [-0.2, 0) is 9.53 Å². The van der Waals surface area contributed by atoms with Gasteiger partial charge in [-0.25, -0.2) is 9.18 Å². The topological polar surface area (TPSA) is 61.9 Å². The standard InChI is InChI=1S/C16H28FN3O3/c1-16(2,3)23-15(22)20-10-12(17)7-13(20)14(21)18-8-11-5-6-19(4)9-11/h11-13H,5-10H2,1-4H3,(H,18,21)/t11-,12-,13+/m1/s1. The maximum atomic E-state index is 13.7. The molecular weight excluding hydrogens is 301 g/mol. The van der Waals surface area contributed by atoms with Crippen molar-refractivity contribution in [3.63, 3.8) is 0 Å². The minimum absolute atomic E-state index is 0.0373. The Balaban J connectivity index is 1.90. The first kappa shape index (κ1) is 18.0. The number of hydrogen-bond donors (Lipinski definition) is 1. The van der Waals surface area contributed by atoms with Crippen molar-refractivity contribution in [3.8, 4) is 0 Å². The fraction of sp³-hybridized carbons (Fsp3) is 0.875. The molecule has 2 aliphatic rings. The zero-order valence-electron chi connectivity index (χ0n) is 14.5. The lowest BCUT2D eigenvalue weighted by Crippen LogP contribution is -2.48. The van der Waals surface area contributed by atoms with Crippen molar-refractivity contribution in [3.05, 3.63) is 0 Å². The quantitative estimate of drug-likeness (QED) is 0.850. The van der Waals surface area contributed by atoms with Crippen LogP contribution >= 0.6 is 0 Å². The minimum Gasteiger partial charge on any atom is -0.444 e. The zero-order valence-corrected chi connectivity index (χ0v) is 14.5. The van der Waals surface area contributed by atoms with Crippen LogP contribution in [0, 0.1) is 5.92 Å². The number of amides is 2. The van der Waals surface area contributed by atoms with Gasteiger partial charge in [-0.3, -0.25) is 9.69 Å². The van der Waals surface area contributed by atoms with Gasteiger partial charge in [0, 0.05) is 19.5 Å². The number of rotatable bonds is 3. The molecule has 0 aromatic rings. The Hall–Kier alpha value is -1.37. The number of hydrogen-bond acceptors (Lipinski definition) is 4. The van der Waals surface area contributed by atoms with E-state index < -0.39 is 23.9 Å². The van der Waals surface area contributed by atoms with Crippen molar-refractivity contribution in [2.24, 2.45) is 5.92 Å². The first-order valence-electron chi connectivity index (χ1n) is 8.25. The summed E-state index contributed by atoms with van der Waals surface area (Å²) in [7, 11) is 2.05. The summed E-state index contributed by atoms with van der Waals surface area (Å²) >= 11 is 0. The Morgan fingerprint density at radius 1 is 1.30 bits per heavy atom. The lowest BCUT2D eigenvalue weighted by molar-refractivity contribution is -0.125. The average molecular weight is 329 g/mol. The van der Waals surface area contributed by atoms with E-state index in [0.717, 1.165) is 19.5 Å². The van der Waals surface area contributed by atoms with Crippen LogP contribution in [0.5, 0.6) is 0 Å². The molecule has 0 spiro atoms. The van der Waals surface area contributed by atoms with Crippen molar-refractivity contribution in [1.29, 1.82) is 0 Å². The Morgan fingerprint density at radius 2 is 2.00 bits per heavy atom. The highest BCUT2D eigenvalue weighted by molar-refractivity contribution is 5.86. The maximum Gasteiger partial charge on any atom is 0.411 e. The molecule has 0 bridgehead atoms. The molecule has 2 amide bonds. The third kappa shape index (κ3) is 5.06. The van der Waals surface area contributed by atoms with Crippen molar-refractivity contribution in [2.45, 2.75) is 51.4 Å². The van der Waals surface area contributed by atoms with Gasteiger partial charge in [0.25, 0.3) is 0 Å². The number of halogens is 1. The second kappa shape index (κ2) is 7.03. The van der Waals surface area contributed by atoms with Crippen LogP contribution in [0.25, 0.3) is 0 Å². The van der Waals surface area contributed by atoms with Gasteiger partial charge < -0.3 is 15.0 Å². The summed E-state index contributed by atoms with van der Waals surface area (Å²) in [5, 5.41) is 2.87. The summed E-state index contributed by atoms with van der Waals surface area (Å²) in [6, 6.07) is -0.779. The van der Waals surface area contributed by atoms with Gasteiger partial charge in [0.1, 0.15) is 17.8 Å². The fourth-order valence-corrected chi connectivity index (χ4v) is 3.11. The minimum atomic E-state index is -1.18. The van der Waals surface area contributed by atoms with E-state index in [1.54, 1.807) is 20.8 Å². The summed E-state index contributed by atoms with van der Waals surface area (Å²) in [6.45, 7) is 7.71. The van der Waals surface area contributed by atoms with Crippen LogP contribution in [0.3, 0.4) is 0 Å². The molecule has 1 N–H and O–H groups in total. The lowest BCUT2D eigenvalue weighted by atomic mass is 10.1. The second-order valence-corrected chi connectivity index (χ2v) is 7.64. The van der Waals surface area contributed by atoms with E-state index >= 15 is 0 Å². The Bertz CT molecular complexity index is 452. The van der Waals surface area contributed by atoms with Gasteiger partial charge in [0.2, 0.25) is 5.91 Å². The fourth-order valence-electron chi connectivity index (χ4n) is 3.11. The molecule has 132 valence electrons. The van der Waals surface area contributed by atoms with E-state index in [4.69, 9.17) is 4.74 Å². The van der Waals surface area contributed by atoms with Gasteiger partial charge in [-0.15, -0.1) is 0 Å². The number of ether oxygens (including phenoxy) is 1. The van der Waals surface area contributed by atoms with Crippen LogP contribution in [0.15, 0.2) is 0 Å². The third-order valence-electron chi connectivity index (χ3n) is 4.23. The predicted molar refractivity (Wildman–Crippen MR) is 84.9 cm³/mol. The highest BCUT2D eigenvalue weighted by Gasteiger charge is 2.41. The highest BCUT2D eigenvalue weighted by atomic mass is 19.1. The van der Waals surface area contributed by atoms with Crippen molar-refractivity contribution >= 4 is 12.0 Å². The second-order valence-electron chi connectivity index (χ2n) is 7.64. The first-order chi connectivity index (χ1) is 10.7. The number of likely N-dealkylation sites (tertiary alicyclic amines) is 2.